The Hall–Kier alpha value is -2.90. The van der Waals surface area contributed by atoms with Gasteiger partial charge in [-0.2, -0.15) is 0 Å². The minimum Gasteiger partial charge on any atom is -0.465 e. The third kappa shape index (κ3) is 4.30. The summed E-state index contributed by atoms with van der Waals surface area (Å²) in [5.41, 5.74) is 3.51. The molecule has 0 unspecified atom stereocenters. The van der Waals surface area contributed by atoms with Gasteiger partial charge in [-0.1, -0.05) is 55.4 Å². The molecule has 0 fully saturated rings. The Morgan fingerprint density at radius 2 is 2.03 bits per heavy atom. The van der Waals surface area contributed by atoms with Gasteiger partial charge in [0.2, 0.25) is 0 Å². The van der Waals surface area contributed by atoms with Crippen LogP contribution in [0.1, 0.15) is 46.1 Å². The number of rotatable bonds is 6. The van der Waals surface area contributed by atoms with Crippen LogP contribution in [-0.2, 0) is 23.3 Å². The number of thioether (sulfide) groups is 1. The molecule has 5 nitrogen and oxygen atoms in total. The van der Waals surface area contributed by atoms with Crippen LogP contribution in [0.4, 0.5) is 0 Å². The molecular weight excluding hydrogens is 464 g/mol. The number of hydrogen-bond donors (Lipinski definition) is 0. The fourth-order valence-electron chi connectivity index (χ4n) is 4.58. The molecule has 174 valence electrons. The number of thiophene rings is 1. The lowest BCUT2D eigenvalue weighted by Gasteiger charge is -2.20. The predicted octanol–water partition coefficient (Wildman–Crippen LogP) is 6.04. The molecule has 4 aromatic rings. The molecule has 1 atom stereocenters. The lowest BCUT2D eigenvalue weighted by atomic mass is 9.86. The number of carbonyl (C=O) groups is 1. The maximum atomic E-state index is 13.9. The average molecular weight is 491 g/mol. The van der Waals surface area contributed by atoms with Gasteiger partial charge in [-0.25, -0.2) is 9.78 Å². The van der Waals surface area contributed by atoms with Gasteiger partial charge >= 0.3 is 5.97 Å². The first-order valence-electron chi connectivity index (χ1n) is 11.5. The van der Waals surface area contributed by atoms with Gasteiger partial charge < -0.3 is 4.74 Å². The van der Waals surface area contributed by atoms with E-state index in [-0.39, 0.29) is 11.5 Å². The Bertz CT molecular complexity index is 1410. The van der Waals surface area contributed by atoms with E-state index in [9.17, 15) is 9.59 Å². The highest BCUT2D eigenvalue weighted by molar-refractivity contribution is 7.98. The fourth-order valence-corrected chi connectivity index (χ4v) is 6.91. The summed E-state index contributed by atoms with van der Waals surface area (Å²) >= 11 is 3.19. The van der Waals surface area contributed by atoms with Crippen LogP contribution >= 0.6 is 23.1 Å². The monoisotopic (exact) mass is 490 g/mol. The zero-order valence-corrected chi connectivity index (χ0v) is 20.9. The standard InChI is InChI=1S/C27H26N2O3S2/c1-3-17-12-13-21-22(15-17)34-24-23(21)25(30)29(20-10-5-4-6-11-20)27(28-24)33-16-18-8-7-9-19(14-18)26(31)32-2/h4-11,14,17H,3,12-13,15-16H2,1-2H3/t17-/m0/s1. The van der Waals surface area contributed by atoms with Crippen LogP contribution in [0.15, 0.2) is 64.5 Å². The molecule has 1 aliphatic carbocycles. The molecule has 0 amide bonds. The number of hydrogen-bond acceptors (Lipinski definition) is 6. The Balaban J connectivity index is 1.58. The number of ether oxygens (including phenoxy) is 1. The summed E-state index contributed by atoms with van der Waals surface area (Å²) in [6, 6.07) is 17.1. The maximum Gasteiger partial charge on any atom is 0.337 e. The quantitative estimate of drug-likeness (QED) is 0.187. The average Bonchev–Trinajstić information content (AvgIpc) is 3.25. The van der Waals surface area contributed by atoms with E-state index in [1.165, 1.54) is 35.7 Å². The minimum absolute atomic E-state index is 0.00876. The molecule has 0 radical (unpaired) electrons. The van der Waals surface area contributed by atoms with Gasteiger partial charge in [-0.15, -0.1) is 11.3 Å². The maximum absolute atomic E-state index is 13.9. The number of para-hydroxylation sites is 1. The Morgan fingerprint density at radius 1 is 1.21 bits per heavy atom. The lowest BCUT2D eigenvalue weighted by molar-refractivity contribution is 0.0600. The van der Waals surface area contributed by atoms with E-state index in [1.54, 1.807) is 22.0 Å². The molecule has 0 saturated carbocycles. The van der Waals surface area contributed by atoms with Crippen molar-refractivity contribution < 1.29 is 9.53 Å². The van der Waals surface area contributed by atoms with Crippen molar-refractivity contribution in [1.82, 2.24) is 9.55 Å². The van der Waals surface area contributed by atoms with Gasteiger partial charge in [0.05, 0.1) is 23.7 Å². The van der Waals surface area contributed by atoms with E-state index >= 15 is 0 Å². The van der Waals surface area contributed by atoms with Gasteiger partial charge in [0.1, 0.15) is 4.83 Å². The van der Waals surface area contributed by atoms with Gasteiger partial charge in [0, 0.05) is 10.6 Å². The van der Waals surface area contributed by atoms with E-state index in [4.69, 9.17) is 9.72 Å². The van der Waals surface area contributed by atoms with E-state index in [2.05, 4.69) is 6.92 Å². The number of benzene rings is 2. The second kappa shape index (κ2) is 9.76. The molecule has 0 spiro atoms. The first-order valence-corrected chi connectivity index (χ1v) is 13.3. The molecule has 5 rings (SSSR count). The number of nitrogens with zero attached hydrogens (tertiary/aromatic N) is 2. The predicted molar refractivity (Wildman–Crippen MR) is 138 cm³/mol. The van der Waals surface area contributed by atoms with Crippen molar-refractivity contribution in [3.8, 4) is 5.69 Å². The minimum atomic E-state index is -0.359. The molecule has 0 bridgehead atoms. The van der Waals surface area contributed by atoms with Crippen molar-refractivity contribution in [1.29, 1.82) is 0 Å². The first kappa shape index (κ1) is 22.9. The summed E-state index contributed by atoms with van der Waals surface area (Å²) in [5.74, 6) is 0.911. The molecule has 0 saturated heterocycles. The topological polar surface area (TPSA) is 61.2 Å². The normalized spacial score (nSPS) is 15.3. The lowest BCUT2D eigenvalue weighted by Crippen LogP contribution is -2.22. The number of carbonyl (C=O) groups excluding carboxylic acids is 1. The number of aryl methyl sites for hydroxylation is 1. The van der Waals surface area contributed by atoms with E-state index in [0.29, 0.717) is 22.4 Å². The largest absolute Gasteiger partial charge is 0.465 e. The first-order chi connectivity index (χ1) is 16.6. The summed E-state index contributed by atoms with van der Waals surface area (Å²) in [6.07, 6.45) is 4.29. The summed E-state index contributed by atoms with van der Waals surface area (Å²) in [6.45, 7) is 2.24. The summed E-state index contributed by atoms with van der Waals surface area (Å²) in [7, 11) is 1.38. The number of aromatic nitrogens is 2. The molecule has 1 aliphatic rings. The number of esters is 1. The van der Waals surface area contributed by atoms with Crippen molar-refractivity contribution in [3.63, 3.8) is 0 Å². The zero-order chi connectivity index (χ0) is 23.7. The van der Waals surface area contributed by atoms with Crippen LogP contribution in [0.3, 0.4) is 0 Å². The summed E-state index contributed by atoms with van der Waals surface area (Å²) in [5, 5.41) is 1.45. The summed E-state index contributed by atoms with van der Waals surface area (Å²) in [4.78, 5) is 33.0. The van der Waals surface area contributed by atoms with Crippen LogP contribution in [-0.4, -0.2) is 22.6 Å². The number of methoxy groups -OCH3 is 1. The molecule has 7 heteroatoms. The Labute approximate surface area is 206 Å². The van der Waals surface area contributed by atoms with Crippen LogP contribution in [0.2, 0.25) is 0 Å². The van der Waals surface area contributed by atoms with Gasteiger partial charge in [0.15, 0.2) is 5.16 Å². The van der Waals surface area contributed by atoms with E-state index in [0.717, 1.165) is 40.7 Å². The summed E-state index contributed by atoms with van der Waals surface area (Å²) < 4.78 is 6.59. The smallest absolute Gasteiger partial charge is 0.337 e. The Morgan fingerprint density at radius 3 is 2.79 bits per heavy atom. The molecular formula is C27H26N2O3S2. The van der Waals surface area contributed by atoms with Crippen molar-refractivity contribution in [2.45, 2.75) is 43.5 Å². The molecule has 2 heterocycles. The van der Waals surface area contributed by atoms with Crippen molar-refractivity contribution in [2.24, 2.45) is 5.92 Å². The van der Waals surface area contributed by atoms with Gasteiger partial charge in [-0.3, -0.25) is 9.36 Å². The van der Waals surface area contributed by atoms with Crippen LogP contribution in [0.25, 0.3) is 15.9 Å². The van der Waals surface area contributed by atoms with Gasteiger partial charge in [0.25, 0.3) is 5.56 Å². The SMILES string of the molecule is CC[C@H]1CCc2c(sc3nc(SCc4cccc(C(=O)OC)c4)n(-c4ccccc4)c(=O)c23)C1. The van der Waals surface area contributed by atoms with Crippen molar-refractivity contribution in [2.75, 3.05) is 7.11 Å². The Kier molecular flexibility index (Phi) is 6.57. The van der Waals surface area contributed by atoms with Gasteiger partial charge in [-0.05, 0) is 60.6 Å². The fraction of sp³-hybridized carbons (Fsp3) is 0.296. The molecule has 0 aliphatic heterocycles. The van der Waals surface area contributed by atoms with Crippen molar-refractivity contribution in [3.05, 3.63) is 86.5 Å². The van der Waals surface area contributed by atoms with Crippen LogP contribution in [0, 0.1) is 5.92 Å². The van der Waals surface area contributed by atoms with E-state index in [1.807, 2.05) is 48.5 Å². The third-order valence-corrected chi connectivity index (χ3v) is 8.62. The highest BCUT2D eigenvalue weighted by atomic mass is 32.2. The molecule has 2 aromatic heterocycles. The molecule has 2 aromatic carbocycles. The highest BCUT2D eigenvalue weighted by Crippen LogP contribution is 2.38. The van der Waals surface area contributed by atoms with Crippen molar-refractivity contribution >= 4 is 39.3 Å². The number of fused-ring (bicyclic) bond motifs is 3. The van der Waals surface area contributed by atoms with E-state index < -0.39 is 0 Å². The highest BCUT2D eigenvalue weighted by Gasteiger charge is 2.26. The molecule has 0 N–H and O–H groups in total. The van der Waals surface area contributed by atoms with Crippen LogP contribution < -0.4 is 5.56 Å². The second-order valence-corrected chi connectivity index (χ2v) is 10.6. The second-order valence-electron chi connectivity index (χ2n) is 8.55. The molecule has 34 heavy (non-hydrogen) atoms. The van der Waals surface area contributed by atoms with Crippen LogP contribution in [0.5, 0.6) is 0 Å². The third-order valence-electron chi connectivity index (χ3n) is 6.46. The zero-order valence-electron chi connectivity index (χ0n) is 19.2.